The number of nitrogens with zero attached hydrogens (tertiary/aromatic N) is 2. The molecule has 1 aromatic carbocycles. The fraction of sp³-hybridized carbons (Fsp3) is 0.368. The number of rotatable bonds is 2. The first-order valence-corrected chi connectivity index (χ1v) is 9.31. The lowest BCUT2D eigenvalue weighted by molar-refractivity contribution is -0.117. The van der Waals surface area contributed by atoms with Gasteiger partial charge >= 0.3 is 0 Å². The van der Waals surface area contributed by atoms with Gasteiger partial charge in [0.1, 0.15) is 0 Å². The maximum atomic E-state index is 12.9. The van der Waals surface area contributed by atoms with Gasteiger partial charge in [-0.1, -0.05) is 0 Å². The number of thiophene rings is 1. The molecule has 4 nitrogen and oxygen atoms in total. The van der Waals surface area contributed by atoms with E-state index in [1.54, 1.807) is 16.2 Å². The third-order valence-corrected chi connectivity index (χ3v) is 6.03. The van der Waals surface area contributed by atoms with Crippen molar-refractivity contribution in [2.24, 2.45) is 0 Å². The van der Waals surface area contributed by atoms with Gasteiger partial charge in [0.15, 0.2) is 0 Å². The van der Waals surface area contributed by atoms with Gasteiger partial charge in [0.2, 0.25) is 5.91 Å². The second kappa shape index (κ2) is 6.06. The number of carbonyl (C=O) groups is 2. The molecule has 2 aliphatic rings. The summed E-state index contributed by atoms with van der Waals surface area (Å²) in [5, 5.41) is 2.11. The van der Waals surface area contributed by atoms with Crippen LogP contribution in [0.5, 0.6) is 0 Å². The van der Waals surface area contributed by atoms with Crippen molar-refractivity contribution < 1.29 is 9.59 Å². The monoisotopic (exact) mass is 340 g/mol. The van der Waals surface area contributed by atoms with Crippen LogP contribution in [0.1, 0.15) is 46.6 Å². The average Bonchev–Trinajstić information content (AvgIpc) is 3.24. The highest BCUT2D eigenvalue weighted by atomic mass is 32.1. The van der Waals surface area contributed by atoms with E-state index in [-0.39, 0.29) is 17.9 Å². The van der Waals surface area contributed by atoms with E-state index in [0.717, 1.165) is 31.6 Å². The lowest BCUT2D eigenvalue weighted by Crippen LogP contribution is -2.38. The molecule has 0 unspecified atom stereocenters. The van der Waals surface area contributed by atoms with Crippen LogP contribution in [-0.2, 0) is 11.2 Å². The van der Waals surface area contributed by atoms with E-state index >= 15 is 0 Å². The molecule has 1 atom stereocenters. The third-order valence-electron chi connectivity index (χ3n) is 5.04. The van der Waals surface area contributed by atoms with Crippen molar-refractivity contribution in [1.29, 1.82) is 0 Å². The van der Waals surface area contributed by atoms with Gasteiger partial charge in [-0.3, -0.25) is 9.59 Å². The number of fused-ring (bicyclic) bond motifs is 1. The van der Waals surface area contributed by atoms with Gasteiger partial charge in [-0.05, 0) is 61.0 Å². The lowest BCUT2D eigenvalue weighted by Gasteiger charge is -2.33. The van der Waals surface area contributed by atoms with Crippen molar-refractivity contribution in [1.82, 2.24) is 4.90 Å². The molecule has 1 saturated heterocycles. The van der Waals surface area contributed by atoms with E-state index in [2.05, 4.69) is 18.4 Å². The molecular formula is C19H20N2O2S. The summed E-state index contributed by atoms with van der Waals surface area (Å²) in [7, 11) is 0. The first kappa shape index (κ1) is 15.4. The van der Waals surface area contributed by atoms with Gasteiger partial charge in [0.25, 0.3) is 5.91 Å². The zero-order chi connectivity index (χ0) is 16.7. The molecule has 0 bridgehead atoms. The molecule has 0 aliphatic carbocycles. The predicted molar refractivity (Wildman–Crippen MR) is 95.5 cm³/mol. The van der Waals surface area contributed by atoms with E-state index in [4.69, 9.17) is 0 Å². The molecular weight excluding hydrogens is 320 g/mol. The van der Waals surface area contributed by atoms with E-state index in [1.807, 2.05) is 29.2 Å². The molecule has 1 fully saturated rings. The highest BCUT2D eigenvalue weighted by Crippen LogP contribution is 2.34. The van der Waals surface area contributed by atoms with Gasteiger partial charge in [-0.25, -0.2) is 0 Å². The number of carbonyl (C=O) groups excluding carboxylic acids is 2. The van der Waals surface area contributed by atoms with Crippen LogP contribution in [0.25, 0.3) is 0 Å². The molecule has 0 radical (unpaired) electrons. The van der Waals surface area contributed by atoms with Crippen LogP contribution in [0.2, 0.25) is 0 Å². The first-order valence-electron chi connectivity index (χ1n) is 8.43. The van der Waals surface area contributed by atoms with Crippen LogP contribution in [-0.4, -0.2) is 29.8 Å². The standard InChI is InChI=1S/C19H20N2O2S/c1-13-16-9-12-24-17(16)8-11-20(13)19(23)14-4-6-15(7-5-14)21-10-2-3-18(21)22/h4-7,9,12-13H,2-3,8,10-11H2,1H3/t13-/m0/s1. The summed E-state index contributed by atoms with van der Waals surface area (Å²) in [6, 6.07) is 9.72. The molecule has 24 heavy (non-hydrogen) atoms. The second-order valence-electron chi connectivity index (χ2n) is 6.42. The summed E-state index contributed by atoms with van der Waals surface area (Å²) < 4.78 is 0. The summed E-state index contributed by atoms with van der Waals surface area (Å²) in [5.41, 5.74) is 2.86. The number of benzene rings is 1. The fourth-order valence-electron chi connectivity index (χ4n) is 3.66. The van der Waals surface area contributed by atoms with Crippen LogP contribution in [0.4, 0.5) is 5.69 Å². The van der Waals surface area contributed by atoms with Gasteiger partial charge in [-0.2, -0.15) is 0 Å². The van der Waals surface area contributed by atoms with E-state index in [9.17, 15) is 9.59 Å². The highest BCUT2D eigenvalue weighted by molar-refractivity contribution is 7.10. The summed E-state index contributed by atoms with van der Waals surface area (Å²) in [5.74, 6) is 0.238. The number of amides is 2. The second-order valence-corrected chi connectivity index (χ2v) is 7.42. The molecule has 3 heterocycles. The molecule has 2 aliphatic heterocycles. The molecule has 4 rings (SSSR count). The summed E-state index contributed by atoms with van der Waals surface area (Å²) in [4.78, 5) is 29.9. The normalized spacial score (nSPS) is 20.4. The number of hydrogen-bond donors (Lipinski definition) is 0. The molecule has 124 valence electrons. The van der Waals surface area contributed by atoms with Crippen LogP contribution in [0.15, 0.2) is 35.7 Å². The van der Waals surface area contributed by atoms with Gasteiger partial charge < -0.3 is 9.80 Å². The van der Waals surface area contributed by atoms with Crippen molar-refractivity contribution in [2.45, 2.75) is 32.2 Å². The summed E-state index contributed by atoms with van der Waals surface area (Å²) in [6.07, 6.45) is 2.46. The Kier molecular flexibility index (Phi) is 3.88. The molecule has 1 aromatic heterocycles. The van der Waals surface area contributed by atoms with Gasteiger partial charge in [-0.15, -0.1) is 11.3 Å². The smallest absolute Gasteiger partial charge is 0.254 e. The number of hydrogen-bond acceptors (Lipinski definition) is 3. The molecule has 0 N–H and O–H groups in total. The van der Waals surface area contributed by atoms with Gasteiger partial charge in [0, 0.05) is 35.6 Å². The highest BCUT2D eigenvalue weighted by Gasteiger charge is 2.29. The Bertz CT molecular complexity index is 781. The Morgan fingerprint density at radius 2 is 1.92 bits per heavy atom. The maximum Gasteiger partial charge on any atom is 0.254 e. The van der Waals surface area contributed by atoms with Crippen molar-refractivity contribution in [3.63, 3.8) is 0 Å². The van der Waals surface area contributed by atoms with Crippen LogP contribution < -0.4 is 4.90 Å². The van der Waals surface area contributed by atoms with Crippen molar-refractivity contribution >= 4 is 28.8 Å². The Balaban J connectivity index is 1.54. The minimum Gasteiger partial charge on any atom is -0.331 e. The van der Waals surface area contributed by atoms with Crippen LogP contribution in [0.3, 0.4) is 0 Å². The van der Waals surface area contributed by atoms with E-state index in [0.29, 0.717) is 12.0 Å². The summed E-state index contributed by atoms with van der Waals surface area (Å²) in [6.45, 7) is 3.63. The summed E-state index contributed by atoms with van der Waals surface area (Å²) >= 11 is 1.78. The topological polar surface area (TPSA) is 40.6 Å². The van der Waals surface area contributed by atoms with Gasteiger partial charge in [0.05, 0.1) is 6.04 Å². The first-order chi connectivity index (χ1) is 11.6. The minimum atomic E-state index is 0.0682. The number of anilines is 1. The minimum absolute atomic E-state index is 0.0682. The Morgan fingerprint density at radius 1 is 1.12 bits per heavy atom. The van der Waals surface area contributed by atoms with E-state index in [1.165, 1.54) is 10.4 Å². The third kappa shape index (κ3) is 2.53. The SMILES string of the molecule is C[C@H]1c2ccsc2CCN1C(=O)c1ccc(N2CCCC2=O)cc1. The molecule has 0 saturated carbocycles. The van der Waals surface area contributed by atoms with Crippen molar-refractivity contribution in [3.8, 4) is 0 Å². The Labute approximate surface area is 145 Å². The quantitative estimate of drug-likeness (QED) is 0.837. The Hall–Kier alpha value is -2.14. The van der Waals surface area contributed by atoms with Crippen molar-refractivity contribution in [3.05, 3.63) is 51.7 Å². The predicted octanol–water partition coefficient (Wildman–Crippen LogP) is 3.63. The Morgan fingerprint density at radius 3 is 2.62 bits per heavy atom. The van der Waals surface area contributed by atoms with Crippen LogP contribution >= 0.6 is 11.3 Å². The van der Waals surface area contributed by atoms with E-state index < -0.39 is 0 Å². The largest absolute Gasteiger partial charge is 0.331 e. The van der Waals surface area contributed by atoms with Crippen molar-refractivity contribution in [2.75, 3.05) is 18.0 Å². The zero-order valence-electron chi connectivity index (χ0n) is 13.7. The zero-order valence-corrected chi connectivity index (χ0v) is 14.5. The molecule has 5 heteroatoms. The molecule has 2 amide bonds. The average molecular weight is 340 g/mol. The maximum absolute atomic E-state index is 12.9. The molecule has 2 aromatic rings. The molecule has 0 spiro atoms. The van der Waals surface area contributed by atoms with Crippen LogP contribution in [0, 0.1) is 0 Å². The lowest BCUT2D eigenvalue weighted by atomic mass is 10.0. The fourth-order valence-corrected chi connectivity index (χ4v) is 4.62.